The lowest BCUT2D eigenvalue weighted by Gasteiger charge is -2.38. The van der Waals surface area contributed by atoms with Crippen molar-refractivity contribution in [3.8, 4) is 0 Å². The molecule has 3 heteroatoms. The zero-order chi connectivity index (χ0) is 13.4. The van der Waals surface area contributed by atoms with E-state index in [1.54, 1.807) is 0 Å². The fourth-order valence-corrected chi connectivity index (χ4v) is 4.21. The molecule has 2 saturated carbocycles. The SMILES string of the molecule is CC1CC(C)(C)CC1(NC1CCCCC1)C(N)=O. The van der Waals surface area contributed by atoms with Gasteiger partial charge in [-0.1, -0.05) is 40.0 Å². The van der Waals surface area contributed by atoms with Gasteiger partial charge in [-0.2, -0.15) is 0 Å². The van der Waals surface area contributed by atoms with Crippen LogP contribution in [0.5, 0.6) is 0 Å². The Morgan fingerprint density at radius 2 is 1.83 bits per heavy atom. The number of nitrogens with one attached hydrogen (secondary N) is 1. The van der Waals surface area contributed by atoms with Gasteiger partial charge in [0.25, 0.3) is 0 Å². The van der Waals surface area contributed by atoms with E-state index in [1.807, 2.05) is 0 Å². The third kappa shape index (κ3) is 2.56. The number of carbonyl (C=O) groups excluding carboxylic acids is 1. The molecule has 0 aliphatic heterocycles. The summed E-state index contributed by atoms with van der Waals surface area (Å²) in [6.07, 6.45) is 8.25. The van der Waals surface area contributed by atoms with Gasteiger partial charge in [0.15, 0.2) is 0 Å². The Bertz CT molecular complexity index is 320. The van der Waals surface area contributed by atoms with Crippen LogP contribution < -0.4 is 11.1 Å². The average Bonchev–Trinajstić information content (AvgIpc) is 2.51. The molecular weight excluding hydrogens is 224 g/mol. The van der Waals surface area contributed by atoms with Crippen LogP contribution in [0.15, 0.2) is 0 Å². The van der Waals surface area contributed by atoms with Crippen LogP contribution in [0.4, 0.5) is 0 Å². The molecule has 2 aliphatic rings. The molecule has 0 aromatic carbocycles. The van der Waals surface area contributed by atoms with E-state index in [0.29, 0.717) is 12.0 Å². The molecule has 3 N–H and O–H groups in total. The van der Waals surface area contributed by atoms with Crippen molar-refractivity contribution in [3.05, 3.63) is 0 Å². The summed E-state index contributed by atoms with van der Waals surface area (Å²) in [4.78, 5) is 12.1. The maximum Gasteiger partial charge on any atom is 0.238 e. The first-order valence-corrected chi connectivity index (χ1v) is 7.43. The largest absolute Gasteiger partial charge is 0.368 e. The Balaban J connectivity index is 2.14. The van der Waals surface area contributed by atoms with Gasteiger partial charge in [-0.25, -0.2) is 0 Å². The van der Waals surface area contributed by atoms with Crippen LogP contribution in [0.2, 0.25) is 0 Å². The molecule has 0 spiro atoms. The zero-order valence-electron chi connectivity index (χ0n) is 12.1. The number of hydrogen-bond acceptors (Lipinski definition) is 2. The highest BCUT2D eigenvalue weighted by atomic mass is 16.1. The fraction of sp³-hybridized carbons (Fsp3) is 0.933. The van der Waals surface area contributed by atoms with Gasteiger partial charge in [0, 0.05) is 6.04 Å². The Kier molecular flexibility index (Phi) is 3.72. The molecule has 2 fully saturated rings. The minimum Gasteiger partial charge on any atom is -0.368 e. The first kappa shape index (κ1) is 13.9. The number of hydrogen-bond donors (Lipinski definition) is 2. The number of nitrogens with two attached hydrogens (primary N) is 1. The maximum absolute atomic E-state index is 12.1. The summed E-state index contributed by atoms with van der Waals surface area (Å²) in [7, 11) is 0. The minimum absolute atomic E-state index is 0.147. The van der Waals surface area contributed by atoms with Gasteiger partial charge in [-0.15, -0.1) is 0 Å². The molecule has 1 amide bonds. The molecule has 0 bridgehead atoms. The van der Waals surface area contributed by atoms with E-state index in [2.05, 4.69) is 26.1 Å². The molecule has 0 heterocycles. The van der Waals surface area contributed by atoms with E-state index in [9.17, 15) is 4.79 Å². The predicted octanol–water partition coefficient (Wildman–Crippen LogP) is 2.59. The summed E-state index contributed by atoms with van der Waals surface area (Å²) in [5.74, 6) is 0.193. The zero-order valence-corrected chi connectivity index (χ0v) is 12.1. The van der Waals surface area contributed by atoms with Crippen LogP contribution in [0, 0.1) is 11.3 Å². The molecule has 2 atom stereocenters. The van der Waals surface area contributed by atoms with Gasteiger partial charge in [0.2, 0.25) is 5.91 Å². The highest BCUT2D eigenvalue weighted by molar-refractivity contribution is 5.85. The highest BCUT2D eigenvalue weighted by Crippen LogP contribution is 2.48. The molecule has 104 valence electrons. The topological polar surface area (TPSA) is 55.1 Å². The van der Waals surface area contributed by atoms with Gasteiger partial charge in [-0.05, 0) is 37.0 Å². The number of primary amides is 1. The third-order valence-electron chi connectivity index (χ3n) is 4.96. The minimum atomic E-state index is -0.467. The Morgan fingerprint density at radius 1 is 1.22 bits per heavy atom. The molecule has 0 saturated heterocycles. The molecule has 2 aliphatic carbocycles. The van der Waals surface area contributed by atoms with Crippen molar-refractivity contribution in [1.82, 2.24) is 5.32 Å². The summed E-state index contributed by atoms with van der Waals surface area (Å²) in [6.45, 7) is 6.67. The van der Waals surface area contributed by atoms with E-state index in [0.717, 1.165) is 12.8 Å². The second-order valence-electron chi connectivity index (χ2n) is 7.26. The van der Waals surface area contributed by atoms with E-state index >= 15 is 0 Å². The van der Waals surface area contributed by atoms with Gasteiger partial charge in [0.1, 0.15) is 5.54 Å². The molecule has 0 radical (unpaired) electrons. The Labute approximate surface area is 111 Å². The van der Waals surface area contributed by atoms with E-state index in [4.69, 9.17) is 5.73 Å². The monoisotopic (exact) mass is 252 g/mol. The van der Waals surface area contributed by atoms with Crippen LogP contribution in [0.25, 0.3) is 0 Å². The van der Waals surface area contributed by atoms with Crippen molar-refractivity contribution in [2.24, 2.45) is 17.1 Å². The summed E-state index contributed by atoms with van der Waals surface area (Å²) >= 11 is 0. The van der Waals surface area contributed by atoms with Crippen molar-refractivity contribution in [2.45, 2.75) is 77.3 Å². The van der Waals surface area contributed by atoms with Gasteiger partial charge < -0.3 is 11.1 Å². The van der Waals surface area contributed by atoms with Gasteiger partial charge >= 0.3 is 0 Å². The van der Waals surface area contributed by atoms with Crippen LogP contribution in [-0.4, -0.2) is 17.5 Å². The number of rotatable bonds is 3. The smallest absolute Gasteiger partial charge is 0.238 e. The second kappa shape index (κ2) is 4.84. The Morgan fingerprint density at radius 3 is 2.28 bits per heavy atom. The average molecular weight is 252 g/mol. The van der Waals surface area contributed by atoms with E-state index < -0.39 is 5.54 Å². The van der Waals surface area contributed by atoms with Crippen LogP contribution in [0.1, 0.15) is 65.7 Å². The quantitative estimate of drug-likeness (QED) is 0.811. The number of carbonyl (C=O) groups is 1. The molecule has 18 heavy (non-hydrogen) atoms. The molecule has 2 unspecified atom stereocenters. The second-order valence-corrected chi connectivity index (χ2v) is 7.26. The number of amides is 1. The highest BCUT2D eigenvalue weighted by Gasteiger charge is 2.53. The third-order valence-corrected chi connectivity index (χ3v) is 4.96. The van der Waals surface area contributed by atoms with Gasteiger partial charge in [0.05, 0.1) is 0 Å². The normalized spacial score (nSPS) is 36.7. The maximum atomic E-state index is 12.1. The fourth-order valence-electron chi connectivity index (χ4n) is 4.21. The summed E-state index contributed by atoms with van der Waals surface area (Å²) in [5, 5.41) is 3.66. The van der Waals surface area contributed by atoms with Gasteiger partial charge in [-0.3, -0.25) is 4.79 Å². The standard InChI is InChI=1S/C15H28N2O/c1-11-9-14(2,3)10-15(11,13(16)18)17-12-7-5-4-6-8-12/h11-12,17H,4-10H2,1-3H3,(H2,16,18). The molecule has 3 nitrogen and oxygen atoms in total. The predicted molar refractivity (Wildman–Crippen MR) is 74.1 cm³/mol. The van der Waals surface area contributed by atoms with Crippen molar-refractivity contribution >= 4 is 5.91 Å². The first-order chi connectivity index (χ1) is 8.36. The summed E-state index contributed by atoms with van der Waals surface area (Å²) < 4.78 is 0. The van der Waals surface area contributed by atoms with Crippen LogP contribution in [-0.2, 0) is 4.79 Å². The summed E-state index contributed by atoms with van der Waals surface area (Å²) in [5.41, 5.74) is 5.51. The van der Waals surface area contributed by atoms with E-state index in [-0.39, 0.29) is 11.3 Å². The van der Waals surface area contributed by atoms with Crippen molar-refractivity contribution < 1.29 is 4.79 Å². The van der Waals surface area contributed by atoms with Crippen molar-refractivity contribution in [3.63, 3.8) is 0 Å². The van der Waals surface area contributed by atoms with Crippen molar-refractivity contribution in [1.29, 1.82) is 0 Å². The summed E-state index contributed by atoms with van der Waals surface area (Å²) in [6, 6.07) is 0.489. The molecule has 2 rings (SSSR count). The van der Waals surface area contributed by atoms with Crippen molar-refractivity contribution in [2.75, 3.05) is 0 Å². The van der Waals surface area contributed by atoms with Crippen LogP contribution in [0.3, 0.4) is 0 Å². The first-order valence-electron chi connectivity index (χ1n) is 7.43. The lowest BCUT2D eigenvalue weighted by atomic mass is 9.83. The van der Waals surface area contributed by atoms with E-state index in [1.165, 1.54) is 32.1 Å². The lowest BCUT2D eigenvalue weighted by Crippen LogP contribution is -2.60. The Hall–Kier alpha value is -0.570. The lowest BCUT2D eigenvalue weighted by molar-refractivity contribution is -0.126. The molecular formula is C15H28N2O. The molecule has 0 aromatic heterocycles. The van der Waals surface area contributed by atoms with Crippen LogP contribution >= 0.6 is 0 Å². The molecule has 0 aromatic rings.